The molecular formula is C16H23FN4O2. The van der Waals surface area contributed by atoms with Gasteiger partial charge in [0.15, 0.2) is 0 Å². The van der Waals surface area contributed by atoms with Gasteiger partial charge < -0.3 is 16.0 Å². The van der Waals surface area contributed by atoms with Crippen LogP contribution >= 0.6 is 0 Å². The van der Waals surface area contributed by atoms with Gasteiger partial charge in [0.25, 0.3) is 0 Å². The summed E-state index contributed by atoms with van der Waals surface area (Å²) in [6.45, 7) is 3.57. The van der Waals surface area contributed by atoms with E-state index >= 15 is 0 Å². The molecule has 0 saturated carbocycles. The number of halogens is 1. The van der Waals surface area contributed by atoms with E-state index in [1.807, 2.05) is 0 Å². The highest BCUT2D eigenvalue weighted by Crippen LogP contribution is 2.10. The molecule has 1 aliphatic rings. The van der Waals surface area contributed by atoms with Crippen molar-refractivity contribution in [3.05, 3.63) is 35.6 Å². The Labute approximate surface area is 135 Å². The van der Waals surface area contributed by atoms with Crippen LogP contribution in [0.2, 0.25) is 0 Å². The van der Waals surface area contributed by atoms with E-state index in [4.69, 9.17) is 5.73 Å². The van der Waals surface area contributed by atoms with Gasteiger partial charge in [0.2, 0.25) is 11.8 Å². The SMILES string of the molecule is NCC(=O)NCC(=O)N1CCCN(Cc2ccc(F)cc2)CC1. The Morgan fingerprint density at radius 2 is 1.87 bits per heavy atom. The number of benzene rings is 1. The highest BCUT2D eigenvalue weighted by atomic mass is 19.1. The minimum absolute atomic E-state index is 0.00596. The fourth-order valence-electron chi connectivity index (χ4n) is 2.58. The summed E-state index contributed by atoms with van der Waals surface area (Å²) in [6.07, 6.45) is 0.873. The number of rotatable bonds is 5. The Morgan fingerprint density at radius 3 is 2.57 bits per heavy atom. The number of nitrogens with two attached hydrogens (primary N) is 1. The Balaban J connectivity index is 1.80. The van der Waals surface area contributed by atoms with E-state index in [0.29, 0.717) is 13.1 Å². The zero-order chi connectivity index (χ0) is 16.7. The van der Waals surface area contributed by atoms with Crippen molar-refractivity contribution in [2.45, 2.75) is 13.0 Å². The zero-order valence-corrected chi connectivity index (χ0v) is 13.1. The number of nitrogens with one attached hydrogen (secondary N) is 1. The Kier molecular flexibility index (Phi) is 6.49. The van der Waals surface area contributed by atoms with Gasteiger partial charge in [-0.25, -0.2) is 4.39 Å². The van der Waals surface area contributed by atoms with Crippen LogP contribution in [0.5, 0.6) is 0 Å². The van der Waals surface area contributed by atoms with Gasteiger partial charge in [0.05, 0.1) is 13.1 Å². The third-order valence-electron chi connectivity index (χ3n) is 3.88. The smallest absolute Gasteiger partial charge is 0.242 e. The minimum atomic E-state index is -0.328. The van der Waals surface area contributed by atoms with Gasteiger partial charge in [-0.2, -0.15) is 0 Å². The maximum atomic E-state index is 12.9. The van der Waals surface area contributed by atoms with E-state index in [-0.39, 0.29) is 30.7 Å². The lowest BCUT2D eigenvalue weighted by atomic mass is 10.2. The monoisotopic (exact) mass is 322 g/mol. The highest BCUT2D eigenvalue weighted by molar-refractivity contribution is 5.85. The highest BCUT2D eigenvalue weighted by Gasteiger charge is 2.19. The quantitative estimate of drug-likeness (QED) is 0.796. The van der Waals surface area contributed by atoms with Crippen LogP contribution in [-0.4, -0.2) is 60.9 Å². The van der Waals surface area contributed by atoms with Crippen LogP contribution in [0.1, 0.15) is 12.0 Å². The van der Waals surface area contributed by atoms with Gasteiger partial charge in [-0.3, -0.25) is 14.5 Å². The van der Waals surface area contributed by atoms with Crippen LogP contribution in [0.25, 0.3) is 0 Å². The van der Waals surface area contributed by atoms with Crippen LogP contribution in [0.4, 0.5) is 4.39 Å². The summed E-state index contributed by atoms with van der Waals surface area (Å²) in [7, 11) is 0. The van der Waals surface area contributed by atoms with Crippen LogP contribution in [0.15, 0.2) is 24.3 Å². The standard InChI is InChI=1S/C16H23FN4O2/c17-14-4-2-13(3-5-14)12-20-6-1-7-21(9-8-20)16(23)11-19-15(22)10-18/h2-5H,1,6-12,18H2,(H,19,22). The second-order valence-corrected chi connectivity index (χ2v) is 5.62. The molecule has 1 aliphatic heterocycles. The van der Waals surface area contributed by atoms with Gasteiger partial charge in [-0.05, 0) is 24.1 Å². The average Bonchev–Trinajstić information content (AvgIpc) is 2.80. The first kappa shape index (κ1) is 17.4. The molecule has 7 heteroatoms. The minimum Gasteiger partial charge on any atom is -0.346 e. The first-order valence-corrected chi connectivity index (χ1v) is 7.80. The van der Waals surface area contributed by atoms with Gasteiger partial charge in [-0.15, -0.1) is 0 Å². The molecule has 1 aromatic carbocycles. The summed E-state index contributed by atoms with van der Waals surface area (Å²) in [5.74, 6) is -0.651. The van der Waals surface area contributed by atoms with Gasteiger partial charge >= 0.3 is 0 Å². The van der Waals surface area contributed by atoms with Crippen LogP contribution in [0.3, 0.4) is 0 Å². The molecule has 1 heterocycles. The molecule has 1 saturated heterocycles. The number of hydrogen-bond donors (Lipinski definition) is 2. The first-order chi connectivity index (χ1) is 11.1. The molecule has 2 rings (SSSR count). The van der Waals surface area contributed by atoms with E-state index in [2.05, 4.69) is 10.2 Å². The molecule has 0 aliphatic carbocycles. The largest absolute Gasteiger partial charge is 0.346 e. The zero-order valence-electron chi connectivity index (χ0n) is 13.1. The van der Waals surface area contributed by atoms with E-state index in [1.54, 1.807) is 17.0 Å². The molecule has 2 amide bonds. The van der Waals surface area contributed by atoms with Gasteiger partial charge in [0.1, 0.15) is 5.82 Å². The Bertz CT molecular complexity index is 535. The summed E-state index contributed by atoms with van der Waals surface area (Å²) in [5.41, 5.74) is 6.25. The molecule has 1 aromatic rings. The Morgan fingerprint density at radius 1 is 1.13 bits per heavy atom. The average molecular weight is 322 g/mol. The predicted molar refractivity (Wildman–Crippen MR) is 84.9 cm³/mol. The fraction of sp³-hybridized carbons (Fsp3) is 0.500. The maximum Gasteiger partial charge on any atom is 0.242 e. The van der Waals surface area contributed by atoms with Crippen molar-refractivity contribution in [3.63, 3.8) is 0 Å². The topological polar surface area (TPSA) is 78.7 Å². The van der Waals surface area contributed by atoms with Crippen molar-refractivity contribution in [2.24, 2.45) is 5.73 Å². The van der Waals surface area contributed by atoms with E-state index in [0.717, 1.165) is 31.6 Å². The van der Waals surface area contributed by atoms with Crippen molar-refractivity contribution in [2.75, 3.05) is 39.3 Å². The summed E-state index contributed by atoms with van der Waals surface area (Å²) >= 11 is 0. The summed E-state index contributed by atoms with van der Waals surface area (Å²) in [6, 6.07) is 6.49. The molecule has 23 heavy (non-hydrogen) atoms. The fourth-order valence-corrected chi connectivity index (χ4v) is 2.58. The van der Waals surface area contributed by atoms with Crippen molar-refractivity contribution in [1.29, 1.82) is 0 Å². The third kappa shape index (κ3) is 5.61. The van der Waals surface area contributed by atoms with Gasteiger partial charge in [0, 0.05) is 32.7 Å². The number of amides is 2. The molecule has 0 radical (unpaired) electrons. The third-order valence-corrected chi connectivity index (χ3v) is 3.88. The van der Waals surface area contributed by atoms with Crippen LogP contribution in [-0.2, 0) is 16.1 Å². The lowest BCUT2D eigenvalue weighted by molar-refractivity contribution is -0.132. The van der Waals surface area contributed by atoms with Crippen molar-refractivity contribution < 1.29 is 14.0 Å². The van der Waals surface area contributed by atoms with E-state index < -0.39 is 0 Å². The molecule has 0 unspecified atom stereocenters. The summed E-state index contributed by atoms with van der Waals surface area (Å²) in [5, 5.41) is 2.50. The second kappa shape index (κ2) is 8.59. The van der Waals surface area contributed by atoms with Crippen LogP contribution in [0, 0.1) is 5.82 Å². The first-order valence-electron chi connectivity index (χ1n) is 7.80. The second-order valence-electron chi connectivity index (χ2n) is 5.62. The predicted octanol–water partition coefficient (Wildman–Crippen LogP) is -0.0651. The van der Waals surface area contributed by atoms with Crippen molar-refractivity contribution in [3.8, 4) is 0 Å². The van der Waals surface area contributed by atoms with E-state index in [9.17, 15) is 14.0 Å². The molecule has 0 atom stereocenters. The van der Waals surface area contributed by atoms with Crippen molar-refractivity contribution in [1.82, 2.24) is 15.1 Å². The lowest BCUT2D eigenvalue weighted by Crippen LogP contribution is -2.43. The number of carbonyl (C=O) groups is 2. The molecule has 0 bridgehead atoms. The molecule has 3 N–H and O–H groups in total. The molecule has 1 fully saturated rings. The molecule has 0 aromatic heterocycles. The molecule has 126 valence electrons. The van der Waals surface area contributed by atoms with E-state index in [1.165, 1.54) is 12.1 Å². The summed E-state index contributed by atoms with van der Waals surface area (Å²) in [4.78, 5) is 27.2. The van der Waals surface area contributed by atoms with Crippen LogP contribution < -0.4 is 11.1 Å². The maximum absolute atomic E-state index is 12.9. The molecule has 0 spiro atoms. The Hall–Kier alpha value is -1.99. The number of nitrogens with zero attached hydrogens (tertiary/aromatic N) is 2. The lowest BCUT2D eigenvalue weighted by Gasteiger charge is -2.22. The van der Waals surface area contributed by atoms with Crippen molar-refractivity contribution >= 4 is 11.8 Å². The number of hydrogen-bond acceptors (Lipinski definition) is 4. The normalized spacial score (nSPS) is 16.0. The molecular weight excluding hydrogens is 299 g/mol. The molecule has 6 nitrogen and oxygen atoms in total. The summed E-state index contributed by atoms with van der Waals surface area (Å²) < 4.78 is 12.9. The number of carbonyl (C=O) groups excluding carboxylic acids is 2. The van der Waals surface area contributed by atoms with Gasteiger partial charge in [-0.1, -0.05) is 12.1 Å².